The van der Waals surface area contributed by atoms with Crippen molar-refractivity contribution in [3.8, 4) is 0 Å². The summed E-state index contributed by atoms with van der Waals surface area (Å²) >= 11 is 0.732. The quantitative estimate of drug-likeness (QED) is 0.480. The molecular formula is S7Se. The van der Waals surface area contributed by atoms with Crippen LogP contribution in [-0.4, -0.2) is 12.7 Å². The summed E-state index contributed by atoms with van der Waals surface area (Å²) in [4.78, 5) is 0. The second-order valence-corrected chi connectivity index (χ2v) is 18.7. The van der Waals surface area contributed by atoms with Crippen LogP contribution in [0.25, 0.3) is 0 Å². The Morgan fingerprint density at radius 2 is 1.12 bits per heavy atom. The van der Waals surface area contributed by atoms with Crippen LogP contribution < -0.4 is 0 Å². The van der Waals surface area contributed by atoms with Gasteiger partial charge in [0.15, 0.2) is 0 Å². The normalized spacial score (nSPS) is 24.0. The average molecular weight is 303 g/mol. The van der Waals surface area contributed by atoms with Crippen molar-refractivity contribution in [1.82, 2.24) is 0 Å². The van der Waals surface area contributed by atoms with E-state index in [1.165, 1.54) is 0 Å². The van der Waals surface area contributed by atoms with E-state index in [0.717, 1.165) is 12.7 Å². The van der Waals surface area contributed by atoms with Crippen LogP contribution in [0.5, 0.6) is 0 Å². The minimum atomic E-state index is 0.732. The second-order valence-electron chi connectivity index (χ2n) is 0.544. The first-order valence-corrected chi connectivity index (χ1v) is 14.2. The summed E-state index contributed by atoms with van der Waals surface area (Å²) in [7, 11) is 13.4. The van der Waals surface area contributed by atoms with Gasteiger partial charge in [-0.3, -0.25) is 0 Å². The molecule has 8 heavy (non-hydrogen) atoms. The molecule has 0 aliphatic carbocycles. The van der Waals surface area contributed by atoms with E-state index in [-0.39, 0.29) is 0 Å². The Morgan fingerprint density at radius 3 is 1.75 bits per heavy atom. The summed E-state index contributed by atoms with van der Waals surface area (Å²) in [5, 5.41) is 0. The summed E-state index contributed by atoms with van der Waals surface area (Å²) in [6, 6.07) is 0. The van der Waals surface area contributed by atoms with Gasteiger partial charge in [-0.2, -0.15) is 0 Å². The first-order chi connectivity index (χ1) is 4.00. The van der Waals surface area contributed by atoms with Crippen LogP contribution >= 0.6 is 67.6 Å². The third-order valence-corrected chi connectivity index (χ3v) is 24.6. The van der Waals surface area contributed by atoms with Crippen LogP contribution in [0.1, 0.15) is 0 Å². The molecule has 1 fully saturated rings. The van der Waals surface area contributed by atoms with Crippen molar-refractivity contribution in [3.05, 3.63) is 0 Å². The van der Waals surface area contributed by atoms with E-state index in [1.807, 2.05) is 67.6 Å². The Morgan fingerprint density at radius 1 is 0.625 bits per heavy atom. The molecule has 0 nitrogen and oxygen atoms in total. The summed E-state index contributed by atoms with van der Waals surface area (Å²) in [6.45, 7) is 0. The molecule has 48 valence electrons. The van der Waals surface area contributed by atoms with E-state index in [4.69, 9.17) is 0 Å². The fraction of sp³-hybridized carbons (Fsp3) is 0. The van der Waals surface area contributed by atoms with Gasteiger partial charge in [0.25, 0.3) is 0 Å². The van der Waals surface area contributed by atoms with E-state index >= 15 is 0 Å². The molecular weight excluding hydrogens is 303 g/mol. The van der Waals surface area contributed by atoms with Gasteiger partial charge >= 0.3 is 80.3 Å². The molecule has 0 radical (unpaired) electrons. The zero-order valence-electron chi connectivity index (χ0n) is 3.27. The maximum atomic E-state index is 1.98. The van der Waals surface area contributed by atoms with Gasteiger partial charge in [0, 0.05) is 0 Å². The monoisotopic (exact) mass is 304 g/mol. The zero-order valence-corrected chi connectivity index (χ0v) is 10.7. The third kappa shape index (κ3) is 4.73. The summed E-state index contributed by atoms with van der Waals surface area (Å²) in [6.07, 6.45) is 0. The van der Waals surface area contributed by atoms with Crippen LogP contribution in [0.3, 0.4) is 0 Å². The van der Waals surface area contributed by atoms with Gasteiger partial charge in [-0.15, -0.1) is 0 Å². The van der Waals surface area contributed by atoms with Crippen LogP contribution in [0.15, 0.2) is 0 Å². The van der Waals surface area contributed by atoms with Crippen molar-refractivity contribution in [2.24, 2.45) is 0 Å². The molecule has 0 spiro atoms. The van der Waals surface area contributed by atoms with E-state index in [9.17, 15) is 0 Å². The van der Waals surface area contributed by atoms with Crippen LogP contribution in [0, 0.1) is 0 Å². The maximum absolute atomic E-state index is 1.98. The topological polar surface area (TPSA) is 0 Å². The van der Waals surface area contributed by atoms with Gasteiger partial charge < -0.3 is 0 Å². The molecule has 1 rings (SSSR count). The summed E-state index contributed by atoms with van der Waals surface area (Å²) in [5.74, 6) is 0. The standard InChI is InChI=1S/S7Se/c1-2-4-6-8-7-5-3-1. The minimum absolute atomic E-state index is 0.732. The predicted octanol–water partition coefficient (Wildman–Crippen LogP) is 4.16. The molecule has 1 aliphatic rings. The van der Waals surface area contributed by atoms with Crippen LogP contribution in [0.2, 0.25) is 0 Å². The fourth-order valence-electron chi connectivity index (χ4n) is 0.0907. The molecule has 8 heteroatoms. The Bertz CT molecular complexity index is 28.3. The summed E-state index contributed by atoms with van der Waals surface area (Å²) < 4.78 is 0. The van der Waals surface area contributed by atoms with E-state index in [1.54, 1.807) is 0 Å². The Labute approximate surface area is 79.0 Å². The van der Waals surface area contributed by atoms with Gasteiger partial charge in [0.05, 0.1) is 0 Å². The second kappa shape index (κ2) is 6.67. The van der Waals surface area contributed by atoms with Crippen molar-refractivity contribution in [1.29, 1.82) is 0 Å². The van der Waals surface area contributed by atoms with Crippen LogP contribution in [-0.2, 0) is 0 Å². The number of hydrogen-bond donors (Lipinski definition) is 0. The molecule has 0 bridgehead atoms. The predicted molar refractivity (Wildman–Crippen MR) is 58.9 cm³/mol. The molecule has 0 aromatic rings. The zero-order chi connectivity index (χ0) is 5.66. The first-order valence-electron chi connectivity index (χ1n) is 1.33. The molecule has 0 atom stereocenters. The third-order valence-electron chi connectivity index (χ3n) is 0.222. The van der Waals surface area contributed by atoms with E-state index in [2.05, 4.69) is 0 Å². The summed E-state index contributed by atoms with van der Waals surface area (Å²) in [5.41, 5.74) is 0. The van der Waals surface area contributed by atoms with Crippen molar-refractivity contribution in [2.45, 2.75) is 0 Å². The Hall–Kier alpha value is 2.97. The average Bonchev–Trinajstić information content (AvgIpc) is 1.62. The molecule has 0 unspecified atom stereocenters. The van der Waals surface area contributed by atoms with Gasteiger partial charge in [-0.25, -0.2) is 0 Å². The van der Waals surface area contributed by atoms with E-state index < -0.39 is 0 Å². The first kappa shape index (κ1) is 9.06. The molecule has 0 amide bonds. The van der Waals surface area contributed by atoms with Gasteiger partial charge in [0.1, 0.15) is 0 Å². The molecule has 0 saturated carbocycles. The van der Waals surface area contributed by atoms with Gasteiger partial charge in [0.2, 0.25) is 0 Å². The molecule has 0 aromatic heterocycles. The number of rotatable bonds is 0. The van der Waals surface area contributed by atoms with Crippen molar-refractivity contribution in [2.75, 3.05) is 0 Å². The number of hydrogen-bond acceptors (Lipinski definition) is 7. The SMILES string of the molecule is S1SSS[Se]SSS1. The van der Waals surface area contributed by atoms with Crippen molar-refractivity contribution < 1.29 is 0 Å². The molecule has 0 aromatic carbocycles. The van der Waals surface area contributed by atoms with Gasteiger partial charge in [-0.05, 0) is 0 Å². The Balaban J connectivity index is 2.00. The molecule has 1 saturated heterocycles. The Kier molecular flexibility index (Phi) is 7.55. The molecule has 1 heterocycles. The van der Waals surface area contributed by atoms with Crippen molar-refractivity contribution in [3.63, 3.8) is 0 Å². The fourth-order valence-corrected chi connectivity index (χ4v) is 32.1. The molecule has 1 aliphatic heterocycles. The molecule has 0 N–H and O–H groups in total. The van der Waals surface area contributed by atoms with Gasteiger partial charge in [-0.1, -0.05) is 0 Å². The van der Waals surface area contributed by atoms with Crippen molar-refractivity contribution >= 4 is 80.3 Å². The van der Waals surface area contributed by atoms with Crippen LogP contribution in [0.4, 0.5) is 0 Å². The van der Waals surface area contributed by atoms with E-state index in [0.29, 0.717) is 0 Å².